The average molecular weight is 352 g/mol. The van der Waals surface area contributed by atoms with Crippen LogP contribution in [-0.2, 0) is 11.3 Å². The number of carbonyl (C=O) groups excluding carboxylic acids is 1. The first-order valence-electron chi connectivity index (χ1n) is 8.42. The second-order valence-corrected chi connectivity index (χ2v) is 6.10. The van der Waals surface area contributed by atoms with Crippen LogP contribution in [0.25, 0.3) is 10.9 Å². The van der Waals surface area contributed by atoms with Gasteiger partial charge in [-0.25, -0.2) is 4.68 Å². The molecule has 0 aliphatic rings. The highest BCUT2D eigenvalue weighted by Gasteiger charge is 2.11. The van der Waals surface area contributed by atoms with Gasteiger partial charge in [0.15, 0.2) is 0 Å². The zero-order valence-electron chi connectivity index (χ0n) is 14.7. The molecule has 0 aliphatic carbocycles. The molecule has 0 bridgehead atoms. The van der Waals surface area contributed by atoms with E-state index in [1.807, 2.05) is 26.0 Å². The maximum atomic E-state index is 12.4. The lowest BCUT2D eigenvalue weighted by Crippen LogP contribution is -2.26. The normalized spacial score (nSPS) is 10.9. The van der Waals surface area contributed by atoms with Gasteiger partial charge in [-0.05, 0) is 38.1 Å². The summed E-state index contributed by atoms with van der Waals surface area (Å²) in [7, 11) is 0. The summed E-state index contributed by atoms with van der Waals surface area (Å²) in [5.41, 5.74) is 0.882. The Hall–Kier alpha value is -3.22. The fourth-order valence-corrected chi connectivity index (χ4v) is 2.52. The van der Waals surface area contributed by atoms with Gasteiger partial charge in [-0.1, -0.05) is 29.5 Å². The molecule has 1 aromatic heterocycles. The number of aromatic nitrogens is 3. The Balaban J connectivity index is 1.69. The van der Waals surface area contributed by atoms with Gasteiger partial charge in [0.1, 0.15) is 11.3 Å². The van der Waals surface area contributed by atoms with Gasteiger partial charge in [0, 0.05) is 6.42 Å². The third-order valence-electron chi connectivity index (χ3n) is 3.70. The molecule has 7 nitrogen and oxygen atoms in total. The quantitative estimate of drug-likeness (QED) is 0.737. The number of anilines is 1. The molecule has 0 radical (unpaired) electrons. The molecule has 1 amide bonds. The van der Waals surface area contributed by atoms with Crippen molar-refractivity contribution in [3.8, 4) is 5.75 Å². The number of aryl methyl sites for hydroxylation is 1. The molecule has 7 heteroatoms. The number of carbonyl (C=O) groups is 1. The standard InChI is InChI=1S/C19H20N4O3/c1-13(2)26-17-10-6-5-9-16(17)20-18(24)11-12-23-19(25)14-7-3-4-8-15(14)21-22-23/h3-10,13H,11-12H2,1-2H3,(H,20,24). The fraction of sp³-hybridized carbons (Fsp3) is 0.263. The summed E-state index contributed by atoms with van der Waals surface area (Å²) in [6, 6.07) is 14.2. The Morgan fingerprint density at radius 1 is 1.15 bits per heavy atom. The minimum atomic E-state index is -0.257. The fourth-order valence-electron chi connectivity index (χ4n) is 2.52. The van der Waals surface area contributed by atoms with Crippen LogP contribution in [-0.4, -0.2) is 27.0 Å². The highest BCUT2D eigenvalue weighted by molar-refractivity contribution is 5.92. The number of rotatable bonds is 6. The predicted molar refractivity (Wildman–Crippen MR) is 99.3 cm³/mol. The van der Waals surface area contributed by atoms with Gasteiger partial charge in [0.2, 0.25) is 5.91 Å². The van der Waals surface area contributed by atoms with Crippen LogP contribution in [0.1, 0.15) is 20.3 Å². The van der Waals surface area contributed by atoms with E-state index < -0.39 is 0 Å². The number of hydrogen-bond donors (Lipinski definition) is 1. The van der Waals surface area contributed by atoms with Gasteiger partial charge in [-0.3, -0.25) is 9.59 Å². The van der Waals surface area contributed by atoms with Crippen molar-refractivity contribution in [2.24, 2.45) is 0 Å². The second kappa shape index (κ2) is 7.77. The van der Waals surface area contributed by atoms with Crippen LogP contribution in [0.3, 0.4) is 0 Å². The van der Waals surface area contributed by atoms with E-state index in [9.17, 15) is 9.59 Å². The van der Waals surface area contributed by atoms with Crippen LogP contribution in [0, 0.1) is 0 Å². The van der Waals surface area contributed by atoms with Crippen molar-refractivity contribution >= 4 is 22.5 Å². The first-order chi connectivity index (χ1) is 12.5. The van der Waals surface area contributed by atoms with Crippen LogP contribution in [0.5, 0.6) is 5.75 Å². The van der Waals surface area contributed by atoms with Crippen molar-refractivity contribution in [1.29, 1.82) is 0 Å². The smallest absolute Gasteiger partial charge is 0.277 e. The highest BCUT2D eigenvalue weighted by Crippen LogP contribution is 2.24. The summed E-state index contributed by atoms with van der Waals surface area (Å²) >= 11 is 0. The molecule has 0 unspecified atom stereocenters. The van der Waals surface area contributed by atoms with Gasteiger partial charge in [-0.2, -0.15) is 0 Å². The van der Waals surface area contributed by atoms with Crippen molar-refractivity contribution in [2.45, 2.75) is 32.9 Å². The number of benzene rings is 2. The predicted octanol–water partition coefficient (Wildman–Crippen LogP) is 2.61. The number of nitrogens with one attached hydrogen (secondary N) is 1. The topological polar surface area (TPSA) is 86.1 Å². The van der Waals surface area contributed by atoms with Crippen LogP contribution in [0.4, 0.5) is 5.69 Å². The number of ether oxygens (including phenoxy) is 1. The van der Waals surface area contributed by atoms with E-state index >= 15 is 0 Å². The molecule has 0 spiro atoms. The SMILES string of the molecule is CC(C)Oc1ccccc1NC(=O)CCn1nnc2ccccc2c1=O. The number of para-hydroxylation sites is 2. The Labute approximate surface area is 150 Å². The summed E-state index contributed by atoms with van der Waals surface area (Å²) in [6.45, 7) is 3.99. The number of nitrogens with zero attached hydrogens (tertiary/aromatic N) is 3. The Kier molecular flexibility index (Phi) is 5.26. The molecule has 1 N–H and O–H groups in total. The van der Waals surface area contributed by atoms with E-state index in [-0.39, 0.29) is 30.5 Å². The van der Waals surface area contributed by atoms with Crippen LogP contribution < -0.4 is 15.6 Å². The molecule has 0 fully saturated rings. The molecular weight excluding hydrogens is 332 g/mol. The van der Waals surface area contributed by atoms with E-state index in [4.69, 9.17) is 4.74 Å². The summed E-state index contributed by atoms with van der Waals surface area (Å²) in [6.07, 6.45) is 0.0997. The third kappa shape index (κ3) is 4.05. The summed E-state index contributed by atoms with van der Waals surface area (Å²) < 4.78 is 6.89. The molecule has 3 rings (SSSR count). The molecule has 0 saturated heterocycles. The average Bonchev–Trinajstić information content (AvgIpc) is 2.63. The summed E-state index contributed by atoms with van der Waals surface area (Å²) in [4.78, 5) is 24.7. The molecule has 1 heterocycles. The maximum absolute atomic E-state index is 12.4. The van der Waals surface area contributed by atoms with Crippen LogP contribution >= 0.6 is 0 Å². The van der Waals surface area contributed by atoms with Crippen LogP contribution in [0.15, 0.2) is 53.3 Å². The summed E-state index contributed by atoms with van der Waals surface area (Å²) in [5.74, 6) is 0.380. The van der Waals surface area contributed by atoms with Gasteiger partial charge >= 0.3 is 0 Å². The zero-order chi connectivity index (χ0) is 18.5. The lowest BCUT2D eigenvalue weighted by molar-refractivity contribution is -0.116. The molecule has 0 saturated carbocycles. The summed E-state index contributed by atoms with van der Waals surface area (Å²) in [5, 5.41) is 11.2. The van der Waals surface area contributed by atoms with Crippen LogP contribution in [0.2, 0.25) is 0 Å². The monoisotopic (exact) mass is 352 g/mol. The van der Waals surface area contributed by atoms with Gasteiger partial charge in [-0.15, -0.1) is 5.10 Å². The highest BCUT2D eigenvalue weighted by atomic mass is 16.5. The van der Waals surface area contributed by atoms with Gasteiger partial charge in [0.25, 0.3) is 5.56 Å². The number of fused-ring (bicyclic) bond motifs is 1. The van der Waals surface area contributed by atoms with E-state index in [0.29, 0.717) is 22.3 Å². The van der Waals surface area contributed by atoms with Gasteiger partial charge in [0.05, 0.1) is 23.7 Å². The lowest BCUT2D eigenvalue weighted by Gasteiger charge is -2.14. The molecule has 3 aromatic rings. The van der Waals surface area contributed by atoms with Gasteiger partial charge < -0.3 is 10.1 Å². The Morgan fingerprint density at radius 2 is 1.88 bits per heavy atom. The largest absolute Gasteiger partial charge is 0.489 e. The van der Waals surface area contributed by atoms with E-state index in [0.717, 1.165) is 0 Å². The first-order valence-corrected chi connectivity index (χ1v) is 8.42. The third-order valence-corrected chi connectivity index (χ3v) is 3.70. The van der Waals surface area contributed by atoms with Crippen molar-refractivity contribution in [3.63, 3.8) is 0 Å². The Morgan fingerprint density at radius 3 is 2.69 bits per heavy atom. The molecule has 2 aromatic carbocycles. The molecule has 0 atom stereocenters. The second-order valence-electron chi connectivity index (χ2n) is 6.10. The zero-order valence-corrected chi connectivity index (χ0v) is 14.7. The number of amides is 1. The first kappa shape index (κ1) is 17.6. The number of hydrogen-bond acceptors (Lipinski definition) is 5. The minimum absolute atomic E-state index is 0.000460. The molecule has 26 heavy (non-hydrogen) atoms. The molecule has 134 valence electrons. The van der Waals surface area contributed by atoms with E-state index in [1.165, 1.54) is 4.68 Å². The van der Waals surface area contributed by atoms with Crippen molar-refractivity contribution < 1.29 is 9.53 Å². The maximum Gasteiger partial charge on any atom is 0.277 e. The molecular formula is C19H20N4O3. The van der Waals surface area contributed by atoms with E-state index in [1.54, 1.807) is 36.4 Å². The van der Waals surface area contributed by atoms with Crippen molar-refractivity contribution in [2.75, 3.05) is 5.32 Å². The van der Waals surface area contributed by atoms with Crippen molar-refractivity contribution in [3.05, 3.63) is 58.9 Å². The Bertz CT molecular complexity index is 982. The van der Waals surface area contributed by atoms with Crippen molar-refractivity contribution in [1.82, 2.24) is 15.0 Å². The lowest BCUT2D eigenvalue weighted by atomic mass is 10.2. The molecule has 0 aliphatic heterocycles. The minimum Gasteiger partial charge on any atom is -0.489 e. The van der Waals surface area contributed by atoms with E-state index in [2.05, 4.69) is 15.6 Å².